The number of carboxylic acids is 12. The van der Waals surface area contributed by atoms with Gasteiger partial charge in [-0.3, -0.25) is 0 Å². The van der Waals surface area contributed by atoms with Gasteiger partial charge in [-0.05, 0) is 0 Å². The molecule has 0 aliphatic rings. The summed E-state index contributed by atoms with van der Waals surface area (Å²) in [4.78, 5) is 135. The Labute approximate surface area is 257 Å². The highest BCUT2D eigenvalue weighted by Gasteiger charge is 2.42. The maximum Gasteiger partial charge on any atom is 0.337 e. The van der Waals surface area contributed by atoms with Crippen LogP contribution in [-0.2, 0) is 0 Å². The first kappa shape index (κ1) is 38.1. The standard InChI is InChI=1S/2C12H6O12/c2*13-7(14)1-2(8(15)16)4(10(19)20)6(12(23)24)5(11(21)22)3(1)9(17)18/h2*(H,13,14)(H,15,16)(H,17,18)(H,19,20)(H,21,22)(H,23,24). The van der Waals surface area contributed by atoms with E-state index in [1.165, 1.54) is 0 Å². The minimum absolute atomic E-state index is 1.66. The van der Waals surface area contributed by atoms with Crippen LogP contribution in [0.3, 0.4) is 0 Å². The number of hydrogen-bond acceptors (Lipinski definition) is 12. The van der Waals surface area contributed by atoms with Crippen molar-refractivity contribution in [3.05, 3.63) is 66.8 Å². The lowest BCUT2D eigenvalue weighted by atomic mass is 9.86. The van der Waals surface area contributed by atoms with Crippen molar-refractivity contribution in [3.63, 3.8) is 0 Å². The van der Waals surface area contributed by atoms with E-state index in [0.29, 0.717) is 0 Å². The van der Waals surface area contributed by atoms with Gasteiger partial charge < -0.3 is 61.3 Å². The monoisotopic (exact) mass is 684 g/mol. The predicted octanol–water partition coefficient (Wildman–Crippen LogP) is -0.248. The molecule has 0 saturated carbocycles. The van der Waals surface area contributed by atoms with E-state index in [-0.39, 0.29) is 0 Å². The fraction of sp³-hybridized carbons (Fsp3) is 0. The minimum Gasteiger partial charge on any atom is -0.478 e. The zero-order valence-corrected chi connectivity index (χ0v) is 22.3. The van der Waals surface area contributed by atoms with Crippen LogP contribution in [0.4, 0.5) is 0 Å². The molecule has 0 heterocycles. The topological polar surface area (TPSA) is 448 Å². The van der Waals surface area contributed by atoms with E-state index >= 15 is 0 Å². The third kappa shape index (κ3) is 6.75. The maximum absolute atomic E-state index is 11.2. The molecule has 24 nitrogen and oxygen atoms in total. The van der Waals surface area contributed by atoms with Crippen molar-refractivity contribution in [2.24, 2.45) is 0 Å². The number of benzene rings is 2. The lowest BCUT2D eigenvalue weighted by molar-refractivity contribution is 0.0592. The van der Waals surface area contributed by atoms with Crippen molar-refractivity contribution in [2.75, 3.05) is 0 Å². The highest BCUT2D eigenvalue weighted by molar-refractivity contribution is 6.24. The van der Waals surface area contributed by atoms with Gasteiger partial charge in [-0.15, -0.1) is 0 Å². The number of carbonyl (C=O) groups is 12. The van der Waals surface area contributed by atoms with Crippen LogP contribution in [0.5, 0.6) is 0 Å². The second-order valence-electron chi connectivity index (χ2n) is 8.16. The second kappa shape index (κ2) is 13.8. The molecule has 0 unspecified atom stereocenters. The Hall–Kier alpha value is -7.92. The van der Waals surface area contributed by atoms with Crippen LogP contribution in [0.15, 0.2) is 0 Å². The van der Waals surface area contributed by atoms with Crippen LogP contribution in [0.2, 0.25) is 0 Å². The van der Waals surface area contributed by atoms with E-state index in [1.54, 1.807) is 0 Å². The molecule has 0 atom stereocenters. The van der Waals surface area contributed by atoms with Crippen molar-refractivity contribution in [3.8, 4) is 0 Å². The van der Waals surface area contributed by atoms with Gasteiger partial charge in [0, 0.05) is 0 Å². The smallest absolute Gasteiger partial charge is 0.337 e. The minimum atomic E-state index is -2.26. The molecule has 0 fully saturated rings. The van der Waals surface area contributed by atoms with Gasteiger partial charge >= 0.3 is 71.6 Å². The molecule has 0 aliphatic heterocycles. The largest absolute Gasteiger partial charge is 0.478 e. The molecular formula is C24H12O24. The van der Waals surface area contributed by atoms with Crippen LogP contribution in [0.25, 0.3) is 0 Å². The highest BCUT2D eigenvalue weighted by atomic mass is 16.4. The van der Waals surface area contributed by atoms with Crippen LogP contribution < -0.4 is 0 Å². The molecule has 2 aromatic rings. The summed E-state index contributed by atoms with van der Waals surface area (Å²) >= 11 is 0. The van der Waals surface area contributed by atoms with Gasteiger partial charge in [0.1, 0.15) is 0 Å². The van der Waals surface area contributed by atoms with Gasteiger partial charge in [0.15, 0.2) is 0 Å². The fourth-order valence-corrected chi connectivity index (χ4v) is 4.07. The number of aromatic carboxylic acids is 12. The molecule has 12 N–H and O–H groups in total. The predicted molar refractivity (Wildman–Crippen MR) is 136 cm³/mol. The molecule has 0 aromatic heterocycles. The molecule has 0 amide bonds. The normalized spacial score (nSPS) is 10.0. The zero-order valence-electron chi connectivity index (χ0n) is 22.3. The van der Waals surface area contributed by atoms with E-state index in [4.69, 9.17) is 61.3 Å². The summed E-state index contributed by atoms with van der Waals surface area (Å²) in [6.45, 7) is 0. The Bertz CT molecular complexity index is 1410. The average Bonchev–Trinajstić information content (AvgIpc) is 2.92. The van der Waals surface area contributed by atoms with Crippen LogP contribution in [0, 0.1) is 0 Å². The summed E-state index contributed by atoms with van der Waals surface area (Å²) in [6, 6.07) is 0. The van der Waals surface area contributed by atoms with E-state index in [9.17, 15) is 57.5 Å². The SMILES string of the molecule is O=C(O)c1c(C(=O)O)c(C(=O)O)c(C(=O)O)c(C(=O)O)c1C(=O)O.O=C(O)c1c(C(=O)O)c(C(=O)O)c(C(=O)O)c(C(=O)O)c1C(=O)O. The lowest BCUT2D eigenvalue weighted by Gasteiger charge is -2.15. The van der Waals surface area contributed by atoms with Gasteiger partial charge in [0.05, 0.1) is 66.8 Å². The summed E-state index contributed by atoms with van der Waals surface area (Å²) < 4.78 is 0. The third-order valence-electron chi connectivity index (χ3n) is 5.57. The van der Waals surface area contributed by atoms with Crippen molar-refractivity contribution < 1.29 is 119 Å². The summed E-state index contributed by atoms with van der Waals surface area (Å²) in [5.41, 5.74) is -19.9. The van der Waals surface area contributed by atoms with Crippen molar-refractivity contribution in [2.45, 2.75) is 0 Å². The third-order valence-corrected chi connectivity index (χ3v) is 5.57. The van der Waals surface area contributed by atoms with Crippen LogP contribution >= 0.6 is 0 Å². The summed E-state index contributed by atoms with van der Waals surface area (Å²) in [5, 5.41) is 108. The number of rotatable bonds is 12. The zero-order chi connectivity index (χ0) is 37.9. The van der Waals surface area contributed by atoms with Gasteiger partial charge in [-0.1, -0.05) is 0 Å². The van der Waals surface area contributed by atoms with Crippen molar-refractivity contribution >= 4 is 71.6 Å². The quantitative estimate of drug-likeness (QED) is 0.137. The first-order chi connectivity index (χ1) is 21.9. The molecule has 0 saturated heterocycles. The molecule has 2 rings (SSSR count). The fourth-order valence-electron chi connectivity index (χ4n) is 4.07. The van der Waals surface area contributed by atoms with Crippen LogP contribution in [0.1, 0.15) is 124 Å². The molecule has 2 aromatic carbocycles. The van der Waals surface area contributed by atoms with Gasteiger partial charge in [0.25, 0.3) is 0 Å². The molecule has 0 spiro atoms. The van der Waals surface area contributed by atoms with E-state index in [1.807, 2.05) is 0 Å². The van der Waals surface area contributed by atoms with E-state index < -0.39 is 138 Å². The van der Waals surface area contributed by atoms with Crippen molar-refractivity contribution in [1.82, 2.24) is 0 Å². The molecule has 252 valence electrons. The average molecular weight is 684 g/mol. The molecule has 24 heteroatoms. The first-order valence-electron chi connectivity index (χ1n) is 11.1. The Balaban J connectivity index is 0.000000480. The Kier molecular flexibility index (Phi) is 11.0. The molecule has 0 aliphatic carbocycles. The maximum atomic E-state index is 11.2. The molecule has 0 radical (unpaired) electrons. The summed E-state index contributed by atoms with van der Waals surface area (Å²) in [6.07, 6.45) is 0. The van der Waals surface area contributed by atoms with Gasteiger partial charge in [-0.25, -0.2) is 57.5 Å². The second-order valence-corrected chi connectivity index (χ2v) is 8.16. The Morgan fingerprint density at radius 3 is 0.229 bits per heavy atom. The van der Waals surface area contributed by atoms with Crippen molar-refractivity contribution in [1.29, 1.82) is 0 Å². The van der Waals surface area contributed by atoms with E-state index in [2.05, 4.69) is 0 Å². The molecule has 48 heavy (non-hydrogen) atoms. The number of hydrogen-bond donors (Lipinski definition) is 12. The Morgan fingerprint density at radius 1 is 0.167 bits per heavy atom. The Morgan fingerprint density at radius 2 is 0.208 bits per heavy atom. The first-order valence-corrected chi connectivity index (χ1v) is 11.1. The van der Waals surface area contributed by atoms with Crippen LogP contribution in [-0.4, -0.2) is 133 Å². The number of carboxylic acid groups (broad SMARTS) is 12. The summed E-state index contributed by atoms with van der Waals surface area (Å²) in [7, 11) is 0. The molecular weight excluding hydrogens is 672 g/mol. The van der Waals surface area contributed by atoms with E-state index in [0.717, 1.165) is 0 Å². The molecule has 0 bridgehead atoms. The lowest BCUT2D eigenvalue weighted by Crippen LogP contribution is -2.27. The highest BCUT2D eigenvalue weighted by Crippen LogP contribution is 2.31. The van der Waals surface area contributed by atoms with Gasteiger partial charge in [0.2, 0.25) is 0 Å². The summed E-state index contributed by atoms with van der Waals surface area (Å²) in [5.74, 6) is -27.1. The van der Waals surface area contributed by atoms with Gasteiger partial charge in [-0.2, -0.15) is 0 Å².